The summed E-state index contributed by atoms with van der Waals surface area (Å²) in [6.45, 7) is 3.15. The molecule has 0 amide bonds. The summed E-state index contributed by atoms with van der Waals surface area (Å²) in [5.74, 6) is 1.36. The SMILES string of the molecule is CC#Cc1ccc2sc3ccc(C(C)C(F)(F)C=O)cc3c2c1. The topological polar surface area (TPSA) is 17.1 Å². The van der Waals surface area contributed by atoms with Gasteiger partial charge in [0.2, 0.25) is 0 Å². The van der Waals surface area contributed by atoms with Gasteiger partial charge < -0.3 is 0 Å². The Morgan fingerprint density at radius 3 is 2.43 bits per heavy atom. The molecule has 23 heavy (non-hydrogen) atoms. The molecule has 4 heteroatoms. The van der Waals surface area contributed by atoms with Gasteiger partial charge >= 0.3 is 5.92 Å². The number of halogens is 2. The number of thiophene rings is 1. The molecule has 0 bridgehead atoms. The van der Waals surface area contributed by atoms with Gasteiger partial charge in [0, 0.05) is 25.7 Å². The van der Waals surface area contributed by atoms with Crippen molar-refractivity contribution in [2.75, 3.05) is 0 Å². The second-order valence-electron chi connectivity index (χ2n) is 5.46. The predicted molar refractivity (Wildman–Crippen MR) is 91.3 cm³/mol. The van der Waals surface area contributed by atoms with Crippen LogP contribution in [0.3, 0.4) is 0 Å². The van der Waals surface area contributed by atoms with Crippen LogP contribution in [0, 0.1) is 11.8 Å². The van der Waals surface area contributed by atoms with Crippen LogP contribution in [0.1, 0.15) is 30.9 Å². The lowest BCUT2D eigenvalue weighted by atomic mass is 9.94. The fourth-order valence-electron chi connectivity index (χ4n) is 2.61. The molecule has 1 heterocycles. The fraction of sp³-hybridized carbons (Fsp3) is 0.211. The summed E-state index contributed by atoms with van der Waals surface area (Å²) >= 11 is 1.62. The van der Waals surface area contributed by atoms with Gasteiger partial charge in [0.1, 0.15) is 0 Å². The van der Waals surface area contributed by atoms with Gasteiger partial charge in [-0.2, -0.15) is 8.78 Å². The van der Waals surface area contributed by atoms with Crippen molar-refractivity contribution in [2.24, 2.45) is 0 Å². The van der Waals surface area contributed by atoms with Crippen molar-refractivity contribution >= 4 is 37.8 Å². The average Bonchev–Trinajstić information content (AvgIpc) is 2.91. The molecule has 0 saturated heterocycles. The van der Waals surface area contributed by atoms with E-state index in [9.17, 15) is 13.6 Å². The highest BCUT2D eigenvalue weighted by Crippen LogP contribution is 2.38. The lowest BCUT2D eigenvalue weighted by Crippen LogP contribution is -2.25. The summed E-state index contributed by atoms with van der Waals surface area (Å²) in [4.78, 5) is 10.6. The monoisotopic (exact) mass is 328 g/mol. The van der Waals surface area contributed by atoms with E-state index in [0.717, 1.165) is 25.7 Å². The van der Waals surface area contributed by atoms with E-state index in [2.05, 4.69) is 11.8 Å². The highest BCUT2D eigenvalue weighted by Gasteiger charge is 2.37. The Morgan fingerprint density at radius 1 is 1.13 bits per heavy atom. The number of aldehydes is 1. The number of carbonyl (C=O) groups excluding carboxylic acids is 1. The van der Waals surface area contributed by atoms with Crippen molar-refractivity contribution < 1.29 is 13.6 Å². The number of rotatable bonds is 3. The van der Waals surface area contributed by atoms with Gasteiger partial charge in [-0.25, -0.2) is 0 Å². The van der Waals surface area contributed by atoms with Crippen LogP contribution in [0.5, 0.6) is 0 Å². The summed E-state index contributed by atoms with van der Waals surface area (Å²) in [7, 11) is 0. The Labute approximate surface area is 136 Å². The van der Waals surface area contributed by atoms with Crippen molar-refractivity contribution in [3.8, 4) is 11.8 Å². The zero-order chi connectivity index (χ0) is 16.6. The second kappa shape index (κ2) is 5.75. The Morgan fingerprint density at radius 2 is 1.78 bits per heavy atom. The molecular weight excluding hydrogens is 314 g/mol. The summed E-state index contributed by atoms with van der Waals surface area (Å²) in [5.41, 5.74) is 1.36. The van der Waals surface area contributed by atoms with Crippen LogP contribution in [-0.4, -0.2) is 12.2 Å². The quantitative estimate of drug-likeness (QED) is 0.467. The van der Waals surface area contributed by atoms with Crippen LogP contribution in [-0.2, 0) is 4.79 Å². The molecule has 1 atom stereocenters. The van der Waals surface area contributed by atoms with Crippen LogP contribution in [0.2, 0.25) is 0 Å². The summed E-state index contributed by atoms with van der Waals surface area (Å²) in [6, 6.07) is 11.2. The van der Waals surface area contributed by atoms with Crippen molar-refractivity contribution in [1.82, 2.24) is 0 Å². The molecule has 3 aromatic rings. The molecule has 0 fully saturated rings. The summed E-state index contributed by atoms with van der Waals surface area (Å²) < 4.78 is 29.4. The van der Waals surface area contributed by atoms with Crippen LogP contribution in [0.4, 0.5) is 8.78 Å². The number of benzene rings is 2. The molecule has 1 nitrogen and oxygen atoms in total. The Kier molecular flexibility index (Phi) is 3.91. The van der Waals surface area contributed by atoms with Crippen molar-refractivity contribution in [1.29, 1.82) is 0 Å². The highest BCUT2D eigenvalue weighted by molar-refractivity contribution is 7.25. The number of hydrogen-bond acceptors (Lipinski definition) is 2. The zero-order valence-corrected chi connectivity index (χ0v) is 13.5. The van der Waals surface area contributed by atoms with Gasteiger partial charge in [-0.1, -0.05) is 18.9 Å². The zero-order valence-electron chi connectivity index (χ0n) is 12.7. The van der Waals surface area contributed by atoms with Gasteiger partial charge in [0.15, 0.2) is 6.29 Å². The van der Waals surface area contributed by atoms with Gasteiger partial charge in [0.25, 0.3) is 0 Å². The molecule has 3 rings (SSSR count). The minimum atomic E-state index is -3.36. The van der Waals surface area contributed by atoms with E-state index in [1.54, 1.807) is 30.4 Å². The van der Waals surface area contributed by atoms with Gasteiger partial charge in [0.05, 0.1) is 5.92 Å². The Hall–Kier alpha value is -2.25. The van der Waals surface area contributed by atoms with Crippen molar-refractivity contribution in [3.63, 3.8) is 0 Å². The largest absolute Gasteiger partial charge is 0.308 e. The molecule has 0 radical (unpaired) electrons. The first-order valence-corrected chi connectivity index (χ1v) is 8.01. The van der Waals surface area contributed by atoms with Crippen molar-refractivity contribution in [3.05, 3.63) is 47.5 Å². The van der Waals surface area contributed by atoms with Crippen LogP contribution in [0.25, 0.3) is 20.2 Å². The first kappa shape index (κ1) is 15.6. The molecule has 0 aliphatic rings. The third-order valence-corrected chi connectivity index (χ3v) is 5.15. The first-order chi connectivity index (χ1) is 11.0. The van der Waals surface area contributed by atoms with Gasteiger partial charge in [-0.3, -0.25) is 4.79 Å². The maximum atomic E-state index is 13.7. The van der Waals surface area contributed by atoms with Crippen LogP contribution in [0.15, 0.2) is 36.4 Å². The third-order valence-electron chi connectivity index (χ3n) is 4.00. The average molecular weight is 328 g/mol. The predicted octanol–water partition coefficient (Wildman–Crippen LogP) is 5.36. The number of carbonyl (C=O) groups is 1. The maximum absolute atomic E-state index is 13.7. The molecule has 1 aromatic heterocycles. The fourth-order valence-corrected chi connectivity index (χ4v) is 3.68. The Bertz CT molecular complexity index is 960. The molecule has 1 unspecified atom stereocenters. The molecule has 2 aromatic carbocycles. The van der Waals surface area contributed by atoms with E-state index in [1.165, 1.54) is 6.92 Å². The first-order valence-electron chi connectivity index (χ1n) is 7.19. The second-order valence-corrected chi connectivity index (χ2v) is 6.54. The normalized spacial score (nSPS) is 12.9. The van der Waals surface area contributed by atoms with Gasteiger partial charge in [-0.15, -0.1) is 17.3 Å². The van der Waals surface area contributed by atoms with E-state index < -0.39 is 11.8 Å². The third kappa shape index (κ3) is 2.73. The highest BCUT2D eigenvalue weighted by atomic mass is 32.1. The molecule has 0 aliphatic carbocycles. The lowest BCUT2D eigenvalue weighted by molar-refractivity contribution is -0.131. The number of fused-ring (bicyclic) bond motifs is 3. The molecule has 0 saturated carbocycles. The standard InChI is InChI=1S/C19H14F2OS/c1-3-4-13-5-7-17-15(9-13)16-10-14(6-8-18(16)23-17)12(2)19(20,21)11-22/h5-12H,1-2H3. The molecule has 0 spiro atoms. The van der Waals surface area contributed by atoms with E-state index in [-0.39, 0.29) is 6.29 Å². The van der Waals surface area contributed by atoms with E-state index in [1.807, 2.05) is 24.3 Å². The minimum Gasteiger partial charge on any atom is -0.297 e. The Balaban J connectivity index is 2.20. The van der Waals surface area contributed by atoms with Crippen LogP contribution >= 0.6 is 11.3 Å². The van der Waals surface area contributed by atoms with Gasteiger partial charge in [-0.05, 0) is 42.8 Å². The van der Waals surface area contributed by atoms with Crippen LogP contribution < -0.4 is 0 Å². The van der Waals surface area contributed by atoms with Crippen molar-refractivity contribution in [2.45, 2.75) is 25.7 Å². The number of alkyl halides is 2. The van der Waals surface area contributed by atoms with E-state index in [4.69, 9.17) is 0 Å². The molecule has 116 valence electrons. The minimum absolute atomic E-state index is 0.275. The van der Waals surface area contributed by atoms with E-state index >= 15 is 0 Å². The van der Waals surface area contributed by atoms with E-state index in [0.29, 0.717) is 5.56 Å². The molecule has 0 N–H and O–H groups in total. The summed E-state index contributed by atoms with van der Waals surface area (Å²) in [6.07, 6.45) is -0.275. The maximum Gasteiger partial charge on any atom is 0.308 e. The number of hydrogen-bond donors (Lipinski definition) is 0. The molecular formula is C19H14F2OS. The summed E-state index contributed by atoms with van der Waals surface area (Å²) in [5, 5.41) is 1.93. The lowest BCUT2D eigenvalue weighted by Gasteiger charge is -2.18. The molecule has 0 aliphatic heterocycles. The smallest absolute Gasteiger partial charge is 0.297 e.